The van der Waals surface area contributed by atoms with Crippen molar-refractivity contribution in [3.8, 4) is 5.75 Å². The topological polar surface area (TPSA) is 9.23 Å². The summed E-state index contributed by atoms with van der Waals surface area (Å²) in [5.41, 5.74) is 0.953. The van der Waals surface area contributed by atoms with E-state index in [4.69, 9.17) is 0 Å². The minimum Gasteiger partial charge on any atom is -0.484 e. The monoisotopic (exact) mass is 346 g/mol. The van der Waals surface area contributed by atoms with Crippen molar-refractivity contribution in [2.45, 2.75) is 11.5 Å². The second kappa shape index (κ2) is 5.21. The van der Waals surface area contributed by atoms with Crippen LogP contribution in [0.3, 0.4) is 0 Å². The largest absolute Gasteiger partial charge is 0.484 e. The van der Waals surface area contributed by atoms with Crippen LogP contribution in [0.2, 0.25) is 0 Å². The van der Waals surface area contributed by atoms with Crippen LogP contribution >= 0.6 is 31.9 Å². The Bertz CT molecular complexity index is 339. The Kier molecular flexibility index (Phi) is 4.45. The van der Waals surface area contributed by atoms with Crippen LogP contribution < -0.4 is 4.74 Å². The molecule has 0 amide bonds. The third-order valence-corrected chi connectivity index (χ3v) is 2.91. The highest BCUT2D eigenvalue weighted by atomic mass is 79.9. The van der Waals surface area contributed by atoms with Crippen molar-refractivity contribution < 1.29 is 17.9 Å². The fraction of sp³-hybridized carbons (Fsp3) is 0.333. The van der Waals surface area contributed by atoms with E-state index in [1.54, 1.807) is 6.07 Å². The van der Waals surface area contributed by atoms with Crippen LogP contribution in [0.4, 0.5) is 13.2 Å². The molecule has 0 bridgehead atoms. The first-order valence-electron chi connectivity index (χ1n) is 3.96. The van der Waals surface area contributed by atoms with E-state index in [9.17, 15) is 13.2 Å². The molecule has 0 aromatic heterocycles. The Labute approximate surface area is 102 Å². The Morgan fingerprint density at radius 2 is 1.93 bits per heavy atom. The Morgan fingerprint density at radius 3 is 2.40 bits per heavy atom. The van der Waals surface area contributed by atoms with Crippen molar-refractivity contribution in [3.63, 3.8) is 0 Å². The zero-order valence-corrected chi connectivity index (χ0v) is 10.6. The van der Waals surface area contributed by atoms with Gasteiger partial charge in [-0.15, -0.1) is 0 Å². The third-order valence-electron chi connectivity index (χ3n) is 1.57. The molecular weight excluding hydrogens is 341 g/mol. The molecule has 0 unspecified atom stereocenters. The van der Waals surface area contributed by atoms with Crippen LogP contribution in [-0.2, 0) is 5.33 Å². The molecule has 6 heteroatoms. The summed E-state index contributed by atoms with van der Waals surface area (Å²) in [4.78, 5) is 0. The van der Waals surface area contributed by atoms with Gasteiger partial charge in [-0.25, -0.2) is 0 Å². The molecule has 1 aromatic rings. The van der Waals surface area contributed by atoms with E-state index in [1.807, 2.05) is 0 Å². The average molecular weight is 348 g/mol. The molecule has 0 spiro atoms. The fourth-order valence-corrected chi connectivity index (χ4v) is 2.25. The van der Waals surface area contributed by atoms with Crippen LogP contribution in [0, 0.1) is 0 Å². The van der Waals surface area contributed by atoms with E-state index in [0.29, 0.717) is 5.33 Å². The maximum atomic E-state index is 11.8. The lowest BCUT2D eigenvalue weighted by atomic mass is 10.2. The molecule has 0 aliphatic rings. The number of benzene rings is 1. The SMILES string of the molecule is FC(F)(F)COc1ccc(CBr)c(Br)c1. The molecule has 0 radical (unpaired) electrons. The van der Waals surface area contributed by atoms with E-state index in [2.05, 4.69) is 36.6 Å². The number of hydrogen-bond donors (Lipinski definition) is 0. The summed E-state index contributed by atoms with van der Waals surface area (Å²) in [6, 6.07) is 4.72. The van der Waals surface area contributed by atoms with E-state index in [1.165, 1.54) is 12.1 Å². The molecule has 0 aliphatic carbocycles. The maximum Gasteiger partial charge on any atom is 0.422 e. The van der Waals surface area contributed by atoms with Gasteiger partial charge >= 0.3 is 6.18 Å². The minimum absolute atomic E-state index is 0.198. The van der Waals surface area contributed by atoms with Gasteiger partial charge in [-0.1, -0.05) is 37.9 Å². The van der Waals surface area contributed by atoms with Crippen molar-refractivity contribution in [3.05, 3.63) is 28.2 Å². The van der Waals surface area contributed by atoms with Crippen LogP contribution in [0.1, 0.15) is 5.56 Å². The van der Waals surface area contributed by atoms with Gasteiger partial charge in [0.2, 0.25) is 0 Å². The Morgan fingerprint density at radius 1 is 1.27 bits per heavy atom. The smallest absolute Gasteiger partial charge is 0.422 e. The second-order valence-corrected chi connectivity index (χ2v) is 4.21. The molecule has 84 valence electrons. The van der Waals surface area contributed by atoms with Crippen molar-refractivity contribution in [1.82, 2.24) is 0 Å². The minimum atomic E-state index is -4.30. The molecule has 15 heavy (non-hydrogen) atoms. The van der Waals surface area contributed by atoms with E-state index >= 15 is 0 Å². The van der Waals surface area contributed by atoms with Gasteiger partial charge < -0.3 is 4.74 Å². The van der Waals surface area contributed by atoms with Crippen LogP contribution in [0.5, 0.6) is 5.75 Å². The fourth-order valence-electron chi connectivity index (χ4n) is 0.891. The first-order valence-corrected chi connectivity index (χ1v) is 5.88. The molecule has 0 heterocycles. The van der Waals surface area contributed by atoms with Gasteiger partial charge in [0.05, 0.1) is 0 Å². The zero-order valence-electron chi connectivity index (χ0n) is 7.44. The van der Waals surface area contributed by atoms with Crippen LogP contribution in [0.25, 0.3) is 0 Å². The Hall–Kier alpha value is -0.230. The van der Waals surface area contributed by atoms with Crippen LogP contribution in [-0.4, -0.2) is 12.8 Å². The highest BCUT2D eigenvalue weighted by molar-refractivity contribution is 9.10. The highest BCUT2D eigenvalue weighted by Crippen LogP contribution is 2.26. The van der Waals surface area contributed by atoms with Crippen LogP contribution in [0.15, 0.2) is 22.7 Å². The number of rotatable bonds is 3. The Balaban J connectivity index is 2.68. The number of alkyl halides is 4. The van der Waals surface area contributed by atoms with Gasteiger partial charge in [-0.3, -0.25) is 0 Å². The van der Waals surface area contributed by atoms with Gasteiger partial charge in [-0.2, -0.15) is 13.2 Å². The molecule has 0 saturated heterocycles. The third kappa shape index (κ3) is 4.42. The van der Waals surface area contributed by atoms with Gasteiger partial charge in [-0.05, 0) is 17.7 Å². The van der Waals surface area contributed by atoms with Crippen molar-refractivity contribution in [2.24, 2.45) is 0 Å². The molecule has 1 aromatic carbocycles. The van der Waals surface area contributed by atoms with E-state index in [0.717, 1.165) is 10.0 Å². The van der Waals surface area contributed by atoms with Gasteiger partial charge in [0.1, 0.15) is 5.75 Å². The van der Waals surface area contributed by atoms with Crippen molar-refractivity contribution in [1.29, 1.82) is 0 Å². The lowest BCUT2D eigenvalue weighted by molar-refractivity contribution is -0.153. The standard InChI is InChI=1S/C9H7Br2F3O/c10-4-6-1-2-7(3-8(6)11)15-5-9(12,13)14/h1-3H,4-5H2. The summed E-state index contributed by atoms with van der Waals surface area (Å²) in [7, 11) is 0. The van der Waals surface area contributed by atoms with E-state index < -0.39 is 12.8 Å². The number of hydrogen-bond acceptors (Lipinski definition) is 1. The van der Waals surface area contributed by atoms with Gasteiger partial charge in [0, 0.05) is 9.80 Å². The second-order valence-electron chi connectivity index (χ2n) is 2.79. The predicted octanol–water partition coefficient (Wildman–Crippen LogP) is 4.29. The summed E-state index contributed by atoms with van der Waals surface area (Å²) in [5.74, 6) is 0.198. The molecule has 0 atom stereocenters. The summed E-state index contributed by atoms with van der Waals surface area (Å²) in [5, 5.41) is 0.632. The first kappa shape index (κ1) is 12.8. The normalized spacial score (nSPS) is 11.5. The maximum absolute atomic E-state index is 11.8. The van der Waals surface area contributed by atoms with Crippen molar-refractivity contribution >= 4 is 31.9 Å². The predicted molar refractivity (Wildman–Crippen MR) is 58.3 cm³/mol. The summed E-state index contributed by atoms with van der Waals surface area (Å²) in [6.07, 6.45) is -4.30. The van der Waals surface area contributed by atoms with E-state index in [-0.39, 0.29) is 5.75 Å². The number of ether oxygens (including phenoxy) is 1. The molecule has 1 rings (SSSR count). The van der Waals surface area contributed by atoms with Crippen molar-refractivity contribution in [2.75, 3.05) is 6.61 Å². The highest BCUT2D eigenvalue weighted by Gasteiger charge is 2.28. The summed E-state index contributed by atoms with van der Waals surface area (Å²) < 4.78 is 40.8. The zero-order chi connectivity index (χ0) is 11.5. The number of halogens is 5. The summed E-state index contributed by atoms with van der Waals surface area (Å²) >= 11 is 6.49. The molecule has 0 N–H and O–H groups in total. The van der Waals surface area contributed by atoms with Gasteiger partial charge in [0.25, 0.3) is 0 Å². The molecule has 0 saturated carbocycles. The molecular formula is C9H7Br2F3O. The van der Waals surface area contributed by atoms with Gasteiger partial charge in [0.15, 0.2) is 6.61 Å². The first-order chi connectivity index (χ1) is 6.92. The average Bonchev–Trinajstić information content (AvgIpc) is 2.14. The summed E-state index contributed by atoms with van der Waals surface area (Å²) in [6.45, 7) is -1.27. The lowest BCUT2D eigenvalue weighted by Gasteiger charge is -2.10. The molecule has 1 nitrogen and oxygen atoms in total. The lowest BCUT2D eigenvalue weighted by Crippen LogP contribution is -2.19. The molecule has 0 aliphatic heterocycles. The molecule has 0 fully saturated rings. The quantitative estimate of drug-likeness (QED) is 0.741.